The molecule has 0 aliphatic rings. The van der Waals surface area contributed by atoms with E-state index in [1.165, 1.54) is 12.3 Å². The van der Waals surface area contributed by atoms with E-state index >= 15 is 0 Å². The average Bonchev–Trinajstić information content (AvgIpc) is 2.48. The topological polar surface area (TPSA) is 49.8 Å². The fraction of sp³-hybridized carbons (Fsp3) is 0.333. The Morgan fingerprint density at radius 1 is 1.26 bits per heavy atom. The standard InChI is InChI=1S/C15H16ClF3N4/c1-3-9(2)21-14-20-7-6-13(23-14)22-12-8-10(15(17,18)19)4-5-11(12)16/h4-9H,3H2,1-2H3,(H2,20,21,22,23). The highest BCUT2D eigenvalue weighted by atomic mass is 35.5. The predicted molar refractivity (Wildman–Crippen MR) is 85.1 cm³/mol. The molecule has 2 aromatic rings. The first-order valence-electron chi connectivity index (χ1n) is 7.03. The fourth-order valence-electron chi connectivity index (χ4n) is 1.76. The average molecular weight is 345 g/mol. The van der Waals surface area contributed by atoms with Crippen LogP contribution in [0.25, 0.3) is 0 Å². The van der Waals surface area contributed by atoms with E-state index in [-0.39, 0.29) is 16.8 Å². The van der Waals surface area contributed by atoms with Crippen LogP contribution in [0.15, 0.2) is 30.5 Å². The van der Waals surface area contributed by atoms with Crippen molar-refractivity contribution in [2.75, 3.05) is 10.6 Å². The van der Waals surface area contributed by atoms with Gasteiger partial charge < -0.3 is 10.6 Å². The number of rotatable bonds is 5. The Labute approximate surface area is 137 Å². The van der Waals surface area contributed by atoms with E-state index in [1.807, 2.05) is 13.8 Å². The van der Waals surface area contributed by atoms with Crippen LogP contribution in [0.4, 0.5) is 30.6 Å². The quantitative estimate of drug-likeness (QED) is 0.792. The summed E-state index contributed by atoms with van der Waals surface area (Å²) in [6.07, 6.45) is -2.03. The maximum atomic E-state index is 12.8. The SMILES string of the molecule is CCC(C)Nc1nccc(Nc2cc(C(F)(F)F)ccc2Cl)n1. The molecule has 4 nitrogen and oxygen atoms in total. The van der Waals surface area contributed by atoms with Crippen molar-refractivity contribution in [1.29, 1.82) is 0 Å². The number of alkyl halides is 3. The van der Waals surface area contributed by atoms with Crippen molar-refractivity contribution >= 4 is 29.1 Å². The molecule has 0 bridgehead atoms. The molecule has 0 saturated heterocycles. The molecule has 0 aliphatic carbocycles. The zero-order valence-corrected chi connectivity index (χ0v) is 13.3. The van der Waals surface area contributed by atoms with Crippen molar-refractivity contribution in [3.63, 3.8) is 0 Å². The second kappa shape index (κ2) is 7.04. The van der Waals surface area contributed by atoms with E-state index in [1.54, 1.807) is 6.07 Å². The molecular formula is C15H16ClF3N4. The maximum absolute atomic E-state index is 12.8. The Kier molecular flexibility index (Phi) is 5.30. The fourth-order valence-corrected chi connectivity index (χ4v) is 1.92. The molecule has 0 saturated carbocycles. The lowest BCUT2D eigenvalue weighted by Crippen LogP contribution is -2.15. The van der Waals surface area contributed by atoms with Crippen LogP contribution in [0.1, 0.15) is 25.8 Å². The number of nitrogens with one attached hydrogen (secondary N) is 2. The van der Waals surface area contributed by atoms with Gasteiger partial charge in [-0.25, -0.2) is 4.98 Å². The van der Waals surface area contributed by atoms with Crippen molar-refractivity contribution < 1.29 is 13.2 Å². The Balaban J connectivity index is 2.24. The highest BCUT2D eigenvalue weighted by Gasteiger charge is 2.31. The lowest BCUT2D eigenvalue weighted by atomic mass is 10.2. The molecule has 0 aliphatic heterocycles. The van der Waals surface area contributed by atoms with Crippen LogP contribution in [0.3, 0.4) is 0 Å². The minimum atomic E-state index is -4.43. The lowest BCUT2D eigenvalue weighted by molar-refractivity contribution is -0.137. The summed E-state index contributed by atoms with van der Waals surface area (Å²) in [5, 5.41) is 6.06. The monoisotopic (exact) mass is 344 g/mol. The third-order valence-corrected chi connectivity index (χ3v) is 3.53. The largest absolute Gasteiger partial charge is 0.416 e. The summed E-state index contributed by atoms with van der Waals surface area (Å²) in [4.78, 5) is 8.29. The summed E-state index contributed by atoms with van der Waals surface area (Å²) in [7, 11) is 0. The molecule has 23 heavy (non-hydrogen) atoms. The number of halogens is 4. The summed E-state index contributed by atoms with van der Waals surface area (Å²) in [5.41, 5.74) is -0.647. The Morgan fingerprint density at radius 2 is 2.00 bits per heavy atom. The maximum Gasteiger partial charge on any atom is 0.416 e. The van der Waals surface area contributed by atoms with Crippen LogP contribution in [-0.4, -0.2) is 16.0 Å². The second-order valence-corrected chi connectivity index (χ2v) is 5.44. The van der Waals surface area contributed by atoms with Crippen LogP contribution >= 0.6 is 11.6 Å². The van der Waals surface area contributed by atoms with Crippen LogP contribution in [-0.2, 0) is 6.18 Å². The van der Waals surface area contributed by atoms with E-state index in [9.17, 15) is 13.2 Å². The van der Waals surface area contributed by atoms with Gasteiger partial charge in [0.1, 0.15) is 5.82 Å². The van der Waals surface area contributed by atoms with Crippen molar-refractivity contribution in [1.82, 2.24) is 9.97 Å². The van der Waals surface area contributed by atoms with Gasteiger partial charge in [0, 0.05) is 12.2 Å². The van der Waals surface area contributed by atoms with E-state index < -0.39 is 11.7 Å². The number of hydrogen-bond donors (Lipinski definition) is 2. The molecule has 124 valence electrons. The Hall–Kier alpha value is -2.02. The summed E-state index contributed by atoms with van der Waals surface area (Å²) >= 11 is 5.95. The van der Waals surface area contributed by atoms with E-state index in [0.717, 1.165) is 18.6 Å². The normalized spacial score (nSPS) is 12.8. The number of hydrogen-bond acceptors (Lipinski definition) is 4. The van der Waals surface area contributed by atoms with Crippen molar-refractivity contribution in [2.45, 2.75) is 32.5 Å². The summed E-state index contributed by atoms with van der Waals surface area (Å²) < 4.78 is 38.3. The van der Waals surface area contributed by atoms with Crippen LogP contribution < -0.4 is 10.6 Å². The van der Waals surface area contributed by atoms with Crippen LogP contribution in [0, 0.1) is 0 Å². The van der Waals surface area contributed by atoms with E-state index in [2.05, 4.69) is 20.6 Å². The summed E-state index contributed by atoms with van der Waals surface area (Å²) in [6, 6.07) is 4.82. The van der Waals surface area contributed by atoms with Gasteiger partial charge >= 0.3 is 6.18 Å². The van der Waals surface area contributed by atoms with Crippen molar-refractivity contribution in [3.8, 4) is 0 Å². The van der Waals surface area contributed by atoms with Gasteiger partial charge in [0.25, 0.3) is 0 Å². The third kappa shape index (κ3) is 4.72. The molecule has 0 radical (unpaired) electrons. The Morgan fingerprint density at radius 3 is 2.65 bits per heavy atom. The minimum Gasteiger partial charge on any atom is -0.352 e. The summed E-state index contributed by atoms with van der Waals surface area (Å²) in [6.45, 7) is 4.00. The molecule has 2 N–H and O–H groups in total. The number of nitrogens with zero attached hydrogens (tertiary/aromatic N) is 2. The molecule has 1 heterocycles. The zero-order valence-electron chi connectivity index (χ0n) is 12.6. The first kappa shape index (κ1) is 17.3. The van der Waals surface area contributed by atoms with Gasteiger partial charge in [-0.1, -0.05) is 18.5 Å². The lowest BCUT2D eigenvalue weighted by Gasteiger charge is -2.14. The highest BCUT2D eigenvalue weighted by Crippen LogP contribution is 2.34. The van der Waals surface area contributed by atoms with E-state index in [0.29, 0.717) is 11.8 Å². The van der Waals surface area contributed by atoms with Gasteiger partial charge in [0.15, 0.2) is 0 Å². The molecule has 1 atom stereocenters. The van der Waals surface area contributed by atoms with Crippen LogP contribution in [0.5, 0.6) is 0 Å². The minimum absolute atomic E-state index is 0.134. The predicted octanol–water partition coefficient (Wildman–Crippen LogP) is 5.10. The first-order chi connectivity index (χ1) is 10.8. The van der Waals surface area contributed by atoms with Gasteiger partial charge in [0.2, 0.25) is 5.95 Å². The number of aromatic nitrogens is 2. The number of benzene rings is 1. The molecular weight excluding hydrogens is 329 g/mol. The first-order valence-corrected chi connectivity index (χ1v) is 7.40. The van der Waals surface area contributed by atoms with Gasteiger partial charge in [-0.15, -0.1) is 0 Å². The molecule has 1 aromatic heterocycles. The smallest absolute Gasteiger partial charge is 0.352 e. The highest BCUT2D eigenvalue weighted by molar-refractivity contribution is 6.33. The van der Waals surface area contributed by atoms with E-state index in [4.69, 9.17) is 11.6 Å². The van der Waals surface area contributed by atoms with Crippen LogP contribution in [0.2, 0.25) is 5.02 Å². The second-order valence-electron chi connectivity index (χ2n) is 5.04. The molecule has 0 amide bonds. The van der Waals surface area contributed by atoms with Gasteiger partial charge in [-0.2, -0.15) is 18.2 Å². The zero-order chi connectivity index (χ0) is 17.0. The molecule has 0 fully saturated rings. The van der Waals surface area contributed by atoms with Gasteiger partial charge in [0.05, 0.1) is 16.3 Å². The third-order valence-electron chi connectivity index (χ3n) is 3.20. The van der Waals surface area contributed by atoms with Gasteiger partial charge in [-0.3, -0.25) is 0 Å². The molecule has 0 spiro atoms. The van der Waals surface area contributed by atoms with Gasteiger partial charge in [-0.05, 0) is 37.6 Å². The van der Waals surface area contributed by atoms with Crippen molar-refractivity contribution in [2.24, 2.45) is 0 Å². The molecule has 1 aromatic carbocycles. The van der Waals surface area contributed by atoms with Crippen molar-refractivity contribution in [3.05, 3.63) is 41.0 Å². The molecule has 2 rings (SSSR count). The number of anilines is 3. The summed E-state index contributed by atoms with van der Waals surface area (Å²) in [5.74, 6) is 0.750. The molecule has 8 heteroatoms. The Bertz CT molecular complexity index is 676. The molecule has 1 unspecified atom stereocenters.